The monoisotopic (exact) mass is 278 g/mol. The summed E-state index contributed by atoms with van der Waals surface area (Å²) in [7, 11) is 0. The highest BCUT2D eigenvalue weighted by Crippen LogP contribution is 2.35. The number of nitrogens with zero attached hydrogens (tertiary/aromatic N) is 1. The number of hydrogen-bond donors (Lipinski definition) is 1. The normalized spacial score (nSPS) is 38.7. The van der Waals surface area contributed by atoms with Crippen LogP contribution in [-0.2, 0) is 0 Å². The second kappa shape index (κ2) is 6.79. The molecule has 1 saturated heterocycles. The van der Waals surface area contributed by atoms with Crippen molar-refractivity contribution in [2.24, 2.45) is 17.8 Å². The van der Waals surface area contributed by atoms with E-state index in [1.807, 2.05) is 0 Å². The summed E-state index contributed by atoms with van der Waals surface area (Å²) in [6.45, 7) is 8.79. The van der Waals surface area contributed by atoms with Gasteiger partial charge in [0, 0.05) is 25.2 Å². The summed E-state index contributed by atoms with van der Waals surface area (Å²) in [4.78, 5) is 2.85. The third-order valence-electron chi connectivity index (χ3n) is 5.97. The van der Waals surface area contributed by atoms with Crippen LogP contribution in [0.3, 0.4) is 0 Å². The number of rotatable bonds is 7. The lowest BCUT2D eigenvalue weighted by molar-refractivity contribution is 0.0207. The highest BCUT2D eigenvalue weighted by molar-refractivity contribution is 4.93. The van der Waals surface area contributed by atoms with Crippen LogP contribution in [0.5, 0.6) is 0 Å². The fourth-order valence-corrected chi connectivity index (χ4v) is 4.21. The third kappa shape index (κ3) is 3.76. The van der Waals surface area contributed by atoms with Crippen molar-refractivity contribution in [3.05, 3.63) is 0 Å². The van der Waals surface area contributed by atoms with E-state index in [1.165, 1.54) is 71.0 Å². The van der Waals surface area contributed by atoms with Gasteiger partial charge >= 0.3 is 0 Å². The van der Waals surface area contributed by atoms with Crippen molar-refractivity contribution in [3.63, 3.8) is 0 Å². The summed E-state index contributed by atoms with van der Waals surface area (Å²) in [5, 5.41) is 3.90. The number of nitrogens with one attached hydrogen (secondary N) is 1. The largest absolute Gasteiger partial charge is 0.312 e. The Morgan fingerprint density at radius 2 is 1.90 bits per heavy atom. The highest BCUT2D eigenvalue weighted by Gasteiger charge is 2.37. The molecule has 1 heterocycles. The van der Waals surface area contributed by atoms with Crippen LogP contribution >= 0.6 is 0 Å². The molecule has 4 unspecified atom stereocenters. The molecule has 3 fully saturated rings. The van der Waals surface area contributed by atoms with E-state index in [0.29, 0.717) is 0 Å². The van der Waals surface area contributed by atoms with Gasteiger partial charge in [0.1, 0.15) is 0 Å². The maximum Gasteiger partial charge on any atom is 0.0198 e. The second-order valence-electron chi connectivity index (χ2n) is 7.87. The molecule has 3 rings (SSSR count). The molecule has 1 N–H and O–H groups in total. The predicted molar refractivity (Wildman–Crippen MR) is 85.9 cm³/mol. The topological polar surface area (TPSA) is 15.3 Å². The van der Waals surface area contributed by atoms with Crippen LogP contribution in [0.4, 0.5) is 0 Å². The molecule has 3 aliphatic rings. The molecule has 2 saturated carbocycles. The Morgan fingerprint density at radius 3 is 2.50 bits per heavy atom. The molecule has 116 valence electrons. The van der Waals surface area contributed by atoms with Crippen molar-refractivity contribution in [2.45, 2.75) is 77.3 Å². The number of likely N-dealkylation sites (tertiary alicyclic amines) is 1. The van der Waals surface area contributed by atoms with Gasteiger partial charge in [0.05, 0.1) is 0 Å². The fourth-order valence-electron chi connectivity index (χ4n) is 4.21. The lowest BCUT2D eigenvalue weighted by Crippen LogP contribution is -2.56. The minimum Gasteiger partial charge on any atom is -0.312 e. The second-order valence-corrected chi connectivity index (χ2v) is 7.87. The minimum absolute atomic E-state index is 0.777. The van der Waals surface area contributed by atoms with Crippen LogP contribution in [0.25, 0.3) is 0 Å². The summed E-state index contributed by atoms with van der Waals surface area (Å²) in [5.74, 6) is 2.92. The summed E-state index contributed by atoms with van der Waals surface area (Å²) in [5.41, 5.74) is 0. The molecule has 1 aliphatic heterocycles. The molecule has 2 heteroatoms. The molecule has 0 aromatic heterocycles. The first-order valence-electron chi connectivity index (χ1n) is 9.23. The van der Waals surface area contributed by atoms with E-state index < -0.39 is 0 Å². The molecule has 20 heavy (non-hydrogen) atoms. The Labute approximate surface area is 125 Å². The van der Waals surface area contributed by atoms with Crippen molar-refractivity contribution in [1.29, 1.82) is 0 Å². The standard InChI is InChI=1S/C18H34N2/c1-3-4-5-16-10-17(19-11-15-7-8-15)13-20(12-16)18-9-6-14(18)2/h14-19H,3-13H2,1-2H3. The van der Waals surface area contributed by atoms with Gasteiger partial charge < -0.3 is 5.32 Å². The van der Waals surface area contributed by atoms with Gasteiger partial charge in [-0.2, -0.15) is 0 Å². The van der Waals surface area contributed by atoms with E-state index >= 15 is 0 Å². The number of piperidine rings is 1. The van der Waals surface area contributed by atoms with Gasteiger partial charge in [-0.15, -0.1) is 0 Å². The number of unbranched alkanes of at least 4 members (excludes halogenated alkanes) is 1. The average Bonchev–Trinajstić information content (AvgIpc) is 3.25. The van der Waals surface area contributed by atoms with Gasteiger partial charge in [0.2, 0.25) is 0 Å². The van der Waals surface area contributed by atoms with Gasteiger partial charge in [0.25, 0.3) is 0 Å². The Morgan fingerprint density at radius 1 is 1.05 bits per heavy atom. The van der Waals surface area contributed by atoms with Gasteiger partial charge in [-0.1, -0.05) is 26.7 Å². The maximum atomic E-state index is 3.90. The van der Waals surface area contributed by atoms with E-state index in [4.69, 9.17) is 0 Å². The van der Waals surface area contributed by atoms with Gasteiger partial charge in [-0.25, -0.2) is 0 Å². The first-order chi connectivity index (χ1) is 9.76. The van der Waals surface area contributed by atoms with Crippen LogP contribution in [0.1, 0.15) is 65.2 Å². The Hall–Kier alpha value is -0.0800. The highest BCUT2D eigenvalue weighted by atomic mass is 15.2. The third-order valence-corrected chi connectivity index (χ3v) is 5.97. The molecule has 2 nitrogen and oxygen atoms in total. The van der Waals surface area contributed by atoms with Crippen molar-refractivity contribution in [2.75, 3.05) is 19.6 Å². The number of hydrogen-bond acceptors (Lipinski definition) is 2. The van der Waals surface area contributed by atoms with Crippen LogP contribution in [0, 0.1) is 17.8 Å². The summed E-state index contributed by atoms with van der Waals surface area (Å²) >= 11 is 0. The van der Waals surface area contributed by atoms with Crippen molar-refractivity contribution in [1.82, 2.24) is 10.2 Å². The quantitative estimate of drug-likeness (QED) is 0.764. The van der Waals surface area contributed by atoms with Crippen LogP contribution < -0.4 is 5.32 Å². The maximum absolute atomic E-state index is 3.90. The first kappa shape index (κ1) is 14.8. The first-order valence-corrected chi connectivity index (χ1v) is 9.23. The van der Waals surface area contributed by atoms with Crippen LogP contribution in [0.15, 0.2) is 0 Å². The van der Waals surface area contributed by atoms with Crippen LogP contribution in [-0.4, -0.2) is 36.6 Å². The van der Waals surface area contributed by atoms with Crippen molar-refractivity contribution < 1.29 is 0 Å². The van der Waals surface area contributed by atoms with E-state index in [0.717, 1.165) is 29.8 Å². The molecule has 0 amide bonds. The molecular formula is C18H34N2. The summed E-state index contributed by atoms with van der Waals surface area (Å²) in [6, 6.07) is 1.68. The molecule has 4 atom stereocenters. The van der Waals surface area contributed by atoms with Gasteiger partial charge in [-0.05, 0) is 62.8 Å². The predicted octanol–water partition coefficient (Wildman–Crippen LogP) is 3.67. The Kier molecular flexibility index (Phi) is 5.04. The lowest BCUT2D eigenvalue weighted by atomic mass is 9.77. The van der Waals surface area contributed by atoms with Crippen molar-refractivity contribution in [3.8, 4) is 0 Å². The summed E-state index contributed by atoms with van der Waals surface area (Å²) in [6.07, 6.45) is 11.5. The SMILES string of the molecule is CCCCC1CC(NCC2CC2)CN(C2CCC2C)C1. The van der Waals surface area contributed by atoms with E-state index in [1.54, 1.807) is 0 Å². The van der Waals surface area contributed by atoms with Crippen molar-refractivity contribution >= 4 is 0 Å². The zero-order valence-electron chi connectivity index (χ0n) is 13.6. The molecule has 0 bridgehead atoms. The summed E-state index contributed by atoms with van der Waals surface area (Å²) < 4.78 is 0. The van der Waals surface area contributed by atoms with E-state index in [-0.39, 0.29) is 0 Å². The fraction of sp³-hybridized carbons (Fsp3) is 1.00. The molecule has 2 aliphatic carbocycles. The smallest absolute Gasteiger partial charge is 0.0198 e. The zero-order valence-corrected chi connectivity index (χ0v) is 13.6. The average molecular weight is 278 g/mol. The Bertz CT molecular complexity index is 300. The van der Waals surface area contributed by atoms with E-state index in [2.05, 4.69) is 24.1 Å². The molecule has 0 aromatic rings. The van der Waals surface area contributed by atoms with Gasteiger partial charge in [-0.3, -0.25) is 4.90 Å². The Balaban J connectivity index is 1.52. The minimum atomic E-state index is 0.777. The molecule has 0 aromatic carbocycles. The zero-order chi connectivity index (χ0) is 13.9. The van der Waals surface area contributed by atoms with Gasteiger partial charge in [0.15, 0.2) is 0 Å². The lowest BCUT2D eigenvalue weighted by Gasteiger charge is -2.48. The molecular weight excluding hydrogens is 244 g/mol. The van der Waals surface area contributed by atoms with Crippen LogP contribution in [0.2, 0.25) is 0 Å². The molecule has 0 spiro atoms. The van der Waals surface area contributed by atoms with E-state index in [9.17, 15) is 0 Å². The molecule has 0 radical (unpaired) electrons.